The number of carbonyl (C=O) groups excluding carboxylic acids is 1. The molecule has 4 rings (SSSR count). The third-order valence-electron chi connectivity index (χ3n) is 5.38. The van der Waals surface area contributed by atoms with Crippen LogP contribution in [0, 0.1) is 0 Å². The van der Waals surface area contributed by atoms with Gasteiger partial charge in [0.25, 0.3) is 5.91 Å². The molecular weight excluding hydrogens is 466 g/mol. The molecule has 1 amide bonds. The van der Waals surface area contributed by atoms with E-state index in [9.17, 15) is 13.2 Å². The maximum atomic E-state index is 12.9. The summed E-state index contributed by atoms with van der Waals surface area (Å²) in [7, 11) is -3.57. The summed E-state index contributed by atoms with van der Waals surface area (Å²) in [5.41, 5.74) is 3.01. The van der Waals surface area contributed by atoms with Gasteiger partial charge >= 0.3 is 0 Å². The molecule has 0 bridgehead atoms. The summed E-state index contributed by atoms with van der Waals surface area (Å²) in [5.74, 6) is -0.296. The van der Waals surface area contributed by atoms with Crippen molar-refractivity contribution in [2.75, 3.05) is 18.4 Å². The molecule has 3 aromatic carbocycles. The maximum Gasteiger partial charge on any atom is 0.255 e. The molecule has 0 radical (unpaired) electrons. The number of aromatic nitrogens is 1. The number of sulfonamides is 1. The predicted molar refractivity (Wildman–Crippen MR) is 139 cm³/mol. The molecule has 176 valence electrons. The average molecular weight is 494 g/mol. The molecule has 0 unspecified atom stereocenters. The van der Waals surface area contributed by atoms with Crippen molar-refractivity contribution in [3.8, 4) is 10.6 Å². The third-order valence-corrected chi connectivity index (χ3v) is 8.38. The summed E-state index contributed by atoms with van der Waals surface area (Å²) < 4.78 is 28.5. The molecule has 0 aliphatic carbocycles. The Balaban J connectivity index is 1.45. The van der Waals surface area contributed by atoms with Crippen molar-refractivity contribution in [1.82, 2.24) is 9.29 Å². The van der Waals surface area contributed by atoms with Crippen molar-refractivity contribution < 1.29 is 13.2 Å². The fourth-order valence-electron chi connectivity index (χ4n) is 3.67. The van der Waals surface area contributed by atoms with Crippen LogP contribution in [0.1, 0.15) is 37.0 Å². The maximum absolute atomic E-state index is 12.9. The minimum Gasteiger partial charge on any atom is -0.322 e. The second-order valence-corrected chi connectivity index (χ2v) is 10.9. The van der Waals surface area contributed by atoms with E-state index in [4.69, 9.17) is 0 Å². The van der Waals surface area contributed by atoms with Gasteiger partial charge in [-0.25, -0.2) is 13.4 Å². The second kappa shape index (κ2) is 10.5. The molecule has 1 heterocycles. The van der Waals surface area contributed by atoms with Gasteiger partial charge in [0.2, 0.25) is 10.0 Å². The molecule has 1 aromatic heterocycles. The van der Waals surface area contributed by atoms with Gasteiger partial charge in [-0.15, -0.1) is 11.3 Å². The van der Waals surface area contributed by atoms with E-state index in [0.717, 1.165) is 33.6 Å². The molecule has 0 spiro atoms. The second-order valence-electron chi connectivity index (χ2n) is 7.95. The Hall–Kier alpha value is -3.07. The lowest BCUT2D eigenvalue weighted by molar-refractivity contribution is 0.102. The van der Waals surface area contributed by atoms with Crippen LogP contribution < -0.4 is 5.32 Å². The molecule has 0 saturated heterocycles. The van der Waals surface area contributed by atoms with Crippen LogP contribution in [0.3, 0.4) is 0 Å². The number of para-hydroxylation sites is 1. The highest BCUT2D eigenvalue weighted by Crippen LogP contribution is 2.30. The Morgan fingerprint density at radius 2 is 1.56 bits per heavy atom. The predicted octanol–water partition coefficient (Wildman–Crippen LogP) is 6.03. The first kappa shape index (κ1) is 24.1. The Bertz CT molecular complexity index is 1340. The van der Waals surface area contributed by atoms with Crippen molar-refractivity contribution in [3.05, 3.63) is 78.4 Å². The number of hydrogen-bond donors (Lipinski definition) is 1. The summed E-state index contributed by atoms with van der Waals surface area (Å²) in [4.78, 5) is 17.6. The summed E-state index contributed by atoms with van der Waals surface area (Å²) in [6, 6.07) is 21.6. The van der Waals surface area contributed by atoms with E-state index in [1.165, 1.54) is 16.4 Å². The van der Waals surface area contributed by atoms with Gasteiger partial charge in [-0.05, 0) is 73.5 Å². The lowest BCUT2D eigenvalue weighted by Crippen LogP contribution is -2.32. The Morgan fingerprint density at radius 1 is 0.912 bits per heavy atom. The largest absolute Gasteiger partial charge is 0.322 e. The average Bonchev–Trinajstić information content (AvgIpc) is 3.29. The minimum atomic E-state index is -3.57. The van der Waals surface area contributed by atoms with Crippen LogP contribution in [0.5, 0.6) is 0 Å². The number of anilines is 1. The molecule has 0 fully saturated rings. The number of rotatable bonds is 9. The zero-order valence-electron chi connectivity index (χ0n) is 19.2. The fraction of sp³-hybridized carbons (Fsp3) is 0.231. The van der Waals surface area contributed by atoms with Gasteiger partial charge in [-0.2, -0.15) is 4.31 Å². The smallest absolute Gasteiger partial charge is 0.255 e. The van der Waals surface area contributed by atoms with Crippen LogP contribution in [0.15, 0.2) is 77.7 Å². The standard InChI is InChI=1S/C26H27N3O3S2/c1-3-17-29(18-4-2)34(31,32)22-15-11-19(12-16-22)25(30)27-21-13-9-20(10-14-21)26-28-23-7-5-6-8-24(23)33-26/h5-16H,3-4,17-18H2,1-2H3,(H,27,30). The van der Waals surface area contributed by atoms with E-state index < -0.39 is 10.0 Å². The minimum absolute atomic E-state index is 0.200. The van der Waals surface area contributed by atoms with Crippen molar-refractivity contribution >= 4 is 43.2 Å². The van der Waals surface area contributed by atoms with E-state index >= 15 is 0 Å². The van der Waals surface area contributed by atoms with Gasteiger partial charge in [-0.1, -0.05) is 26.0 Å². The van der Waals surface area contributed by atoms with Crippen molar-refractivity contribution in [1.29, 1.82) is 0 Å². The van der Waals surface area contributed by atoms with Crippen molar-refractivity contribution in [3.63, 3.8) is 0 Å². The van der Waals surface area contributed by atoms with Crippen LogP contribution in [0.2, 0.25) is 0 Å². The summed E-state index contributed by atoms with van der Waals surface area (Å²) >= 11 is 1.63. The van der Waals surface area contributed by atoms with E-state index in [0.29, 0.717) is 24.3 Å². The molecule has 0 saturated carbocycles. The number of carbonyl (C=O) groups is 1. The zero-order chi connectivity index (χ0) is 24.1. The van der Waals surface area contributed by atoms with E-state index in [1.54, 1.807) is 23.5 Å². The number of fused-ring (bicyclic) bond motifs is 1. The molecule has 1 N–H and O–H groups in total. The summed E-state index contributed by atoms with van der Waals surface area (Å²) in [5, 5.41) is 3.80. The Kier molecular flexibility index (Phi) is 7.41. The van der Waals surface area contributed by atoms with E-state index in [-0.39, 0.29) is 10.8 Å². The number of benzene rings is 3. The molecule has 6 nitrogen and oxygen atoms in total. The third kappa shape index (κ3) is 5.19. The molecule has 4 aromatic rings. The van der Waals surface area contributed by atoms with Gasteiger partial charge in [0.15, 0.2) is 0 Å². The number of nitrogens with one attached hydrogen (secondary N) is 1. The lowest BCUT2D eigenvalue weighted by Gasteiger charge is -2.21. The highest BCUT2D eigenvalue weighted by atomic mass is 32.2. The van der Waals surface area contributed by atoms with Crippen molar-refractivity contribution in [2.24, 2.45) is 0 Å². The number of nitrogens with zero attached hydrogens (tertiary/aromatic N) is 2. The van der Waals surface area contributed by atoms with Gasteiger partial charge < -0.3 is 5.32 Å². The molecule has 8 heteroatoms. The summed E-state index contributed by atoms with van der Waals surface area (Å²) in [6.45, 7) is 4.87. The molecule has 0 atom stereocenters. The van der Waals surface area contributed by atoms with Gasteiger partial charge in [0.05, 0.1) is 15.1 Å². The molecule has 34 heavy (non-hydrogen) atoms. The number of thiazole rings is 1. The zero-order valence-corrected chi connectivity index (χ0v) is 20.8. The highest BCUT2D eigenvalue weighted by molar-refractivity contribution is 7.89. The monoisotopic (exact) mass is 493 g/mol. The fourth-order valence-corrected chi connectivity index (χ4v) is 6.27. The van der Waals surface area contributed by atoms with Gasteiger partial charge in [0.1, 0.15) is 5.01 Å². The first-order chi connectivity index (χ1) is 16.4. The normalized spacial score (nSPS) is 11.7. The first-order valence-electron chi connectivity index (χ1n) is 11.3. The van der Waals surface area contributed by atoms with Gasteiger partial charge in [0, 0.05) is 29.9 Å². The SMILES string of the molecule is CCCN(CCC)S(=O)(=O)c1ccc(C(=O)Nc2ccc(-c3nc4ccccc4s3)cc2)cc1. The van der Waals surface area contributed by atoms with Gasteiger partial charge in [-0.3, -0.25) is 4.79 Å². The quantitative estimate of drug-likeness (QED) is 0.309. The Labute approximate surface area is 204 Å². The van der Waals surface area contributed by atoms with Crippen LogP contribution in [-0.4, -0.2) is 36.7 Å². The molecule has 0 aliphatic heterocycles. The topological polar surface area (TPSA) is 79.4 Å². The van der Waals surface area contributed by atoms with Crippen LogP contribution >= 0.6 is 11.3 Å². The van der Waals surface area contributed by atoms with Crippen LogP contribution in [-0.2, 0) is 10.0 Å². The highest BCUT2D eigenvalue weighted by Gasteiger charge is 2.23. The molecule has 0 aliphatic rings. The van der Waals surface area contributed by atoms with E-state index in [2.05, 4.69) is 10.3 Å². The summed E-state index contributed by atoms with van der Waals surface area (Å²) in [6.07, 6.45) is 1.49. The number of hydrogen-bond acceptors (Lipinski definition) is 5. The molecular formula is C26H27N3O3S2. The Morgan fingerprint density at radius 3 is 2.18 bits per heavy atom. The van der Waals surface area contributed by atoms with Crippen LogP contribution in [0.4, 0.5) is 5.69 Å². The number of amides is 1. The van der Waals surface area contributed by atoms with E-state index in [1.807, 2.05) is 62.4 Å². The van der Waals surface area contributed by atoms with Crippen molar-refractivity contribution in [2.45, 2.75) is 31.6 Å². The van der Waals surface area contributed by atoms with Crippen LogP contribution in [0.25, 0.3) is 20.8 Å². The lowest BCUT2D eigenvalue weighted by atomic mass is 10.2. The first-order valence-corrected chi connectivity index (χ1v) is 13.6.